The highest BCUT2D eigenvalue weighted by atomic mass is 16.6. The summed E-state index contributed by atoms with van der Waals surface area (Å²) < 4.78 is 16.1. The normalized spacial score (nSPS) is 16.5. The van der Waals surface area contributed by atoms with E-state index in [-0.39, 0.29) is 25.2 Å². The molecule has 1 fully saturated rings. The Bertz CT molecular complexity index is 880. The number of ether oxygens (including phenoxy) is 3. The lowest BCUT2D eigenvalue weighted by Gasteiger charge is -2.12. The molecule has 0 aromatic carbocycles. The van der Waals surface area contributed by atoms with Crippen LogP contribution in [0, 0.1) is 0 Å². The average molecular weight is 717 g/mol. The predicted octanol–water partition coefficient (Wildman–Crippen LogP) is 12.6. The van der Waals surface area contributed by atoms with Crippen molar-refractivity contribution in [2.24, 2.45) is 0 Å². The van der Waals surface area contributed by atoms with Crippen molar-refractivity contribution in [3.8, 4) is 0 Å². The van der Waals surface area contributed by atoms with E-state index in [9.17, 15) is 14.7 Å². The lowest BCUT2D eigenvalue weighted by molar-refractivity contribution is -0.152. The van der Waals surface area contributed by atoms with Crippen molar-refractivity contribution >= 4 is 11.9 Å². The number of carbonyl (C=O) groups excluding carboxylic acids is 2. The molecule has 0 aliphatic carbocycles. The summed E-state index contributed by atoms with van der Waals surface area (Å²) in [6, 6.07) is 0. The number of rotatable bonds is 38. The van der Waals surface area contributed by atoms with Crippen molar-refractivity contribution in [1.29, 1.82) is 0 Å². The van der Waals surface area contributed by atoms with E-state index in [1.807, 2.05) is 0 Å². The molecule has 1 rings (SSSR count). The minimum absolute atomic E-state index is 0.135. The highest BCUT2D eigenvalue weighted by Crippen LogP contribution is 2.29. The SMILES string of the molecule is CCCCC/C=C\C/C=C\CC1OC1C/C=C\CCCC(=O)OC[C@@H](O)COC(=O)CCCCCCCCCCCCCCCCCCCCC. The Hall–Kier alpha value is -1.92. The maximum atomic E-state index is 12.0. The molecule has 0 spiro atoms. The monoisotopic (exact) mass is 717 g/mol. The van der Waals surface area contributed by atoms with Gasteiger partial charge in [-0.3, -0.25) is 9.59 Å². The van der Waals surface area contributed by atoms with Gasteiger partial charge < -0.3 is 19.3 Å². The third-order valence-electron chi connectivity index (χ3n) is 9.78. The Morgan fingerprint density at radius 3 is 1.39 bits per heavy atom. The maximum Gasteiger partial charge on any atom is 0.305 e. The molecule has 1 N–H and O–H groups in total. The number of hydrogen-bond acceptors (Lipinski definition) is 6. The van der Waals surface area contributed by atoms with Gasteiger partial charge in [0.25, 0.3) is 0 Å². The van der Waals surface area contributed by atoms with Gasteiger partial charge in [0, 0.05) is 12.8 Å². The van der Waals surface area contributed by atoms with E-state index in [1.165, 1.54) is 128 Å². The topological polar surface area (TPSA) is 85.4 Å². The summed E-state index contributed by atoms with van der Waals surface area (Å²) in [5, 5.41) is 10.0. The van der Waals surface area contributed by atoms with Crippen LogP contribution in [0.1, 0.15) is 206 Å². The van der Waals surface area contributed by atoms with E-state index in [0.29, 0.717) is 31.5 Å². The summed E-state index contributed by atoms with van der Waals surface area (Å²) in [6.45, 7) is 4.23. The number of hydrogen-bond donors (Lipinski definition) is 1. The van der Waals surface area contributed by atoms with Gasteiger partial charge in [0.2, 0.25) is 0 Å². The summed E-state index contributed by atoms with van der Waals surface area (Å²) in [6.07, 6.45) is 48.1. The second-order valence-electron chi connectivity index (χ2n) is 14.9. The number of carbonyl (C=O) groups is 2. The lowest BCUT2D eigenvalue weighted by atomic mass is 10.0. The van der Waals surface area contributed by atoms with Gasteiger partial charge in [0.15, 0.2) is 0 Å². The van der Waals surface area contributed by atoms with Crippen molar-refractivity contribution in [1.82, 2.24) is 0 Å². The maximum absolute atomic E-state index is 12.0. The molecule has 1 aliphatic heterocycles. The first-order valence-electron chi connectivity index (χ1n) is 21.7. The van der Waals surface area contributed by atoms with Crippen LogP contribution >= 0.6 is 0 Å². The zero-order chi connectivity index (χ0) is 36.9. The molecule has 0 aromatic heterocycles. The first kappa shape index (κ1) is 47.1. The molecule has 0 amide bonds. The summed E-state index contributed by atoms with van der Waals surface area (Å²) in [5.74, 6) is -0.629. The van der Waals surface area contributed by atoms with E-state index in [2.05, 4.69) is 50.3 Å². The van der Waals surface area contributed by atoms with E-state index >= 15 is 0 Å². The highest BCUT2D eigenvalue weighted by molar-refractivity contribution is 5.69. The summed E-state index contributed by atoms with van der Waals surface area (Å²) in [7, 11) is 0. The lowest BCUT2D eigenvalue weighted by Crippen LogP contribution is -2.25. The largest absolute Gasteiger partial charge is 0.463 e. The standard InChI is InChI=1S/C45H80O6/c1-3-5-7-9-11-13-14-15-16-17-18-19-20-21-22-24-26-28-33-37-44(47)49-39-41(46)40-50-45(48)38-34-30-29-32-36-43-42(51-43)35-31-27-25-23-12-10-8-6-4-2/h12,23,27,29,31-32,41-43,46H,3-11,13-22,24-26,28,30,33-40H2,1-2H3/b23-12-,31-27-,32-29-/t41-,42?,43?/m0/s1. The Morgan fingerprint density at radius 1 is 0.510 bits per heavy atom. The molecule has 1 aliphatic rings. The van der Waals surface area contributed by atoms with Gasteiger partial charge in [-0.2, -0.15) is 0 Å². The van der Waals surface area contributed by atoms with Crippen LogP contribution in [0.25, 0.3) is 0 Å². The molecule has 6 nitrogen and oxygen atoms in total. The van der Waals surface area contributed by atoms with Crippen molar-refractivity contribution in [3.05, 3.63) is 36.5 Å². The number of epoxide rings is 1. The number of aliphatic hydroxyl groups excluding tert-OH is 1. The number of allylic oxidation sites excluding steroid dienone is 4. The Kier molecular flexibility index (Phi) is 33.7. The van der Waals surface area contributed by atoms with Gasteiger partial charge >= 0.3 is 11.9 Å². The zero-order valence-corrected chi connectivity index (χ0v) is 33.3. The van der Waals surface area contributed by atoms with Crippen LogP contribution in [0.15, 0.2) is 36.5 Å². The van der Waals surface area contributed by atoms with E-state index < -0.39 is 6.10 Å². The molecule has 296 valence electrons. The van der Waals surface area contributed by atoms with Crippen molar-refractivity contribution in [3.63, 3.8) is 0 Å². The van der Waals surface area contributed by atoms with Gasteiger partial charge in [-0.15, -0.1) is 0 Å². The predicted molar refractivity (Wildman–Crippen MR) is 214 cm³/mol. The third-order valence-corrected chi connectivity index (χ3v) is 9.78. The molecular weight excluding hydrogens is 636 g/mol. The van der Waals surface area contributed by atoms with Crippen LogP contribution < -0.4 is 0 Å². The first-order valence-corrected chi connectivity index (χ1v) is 21.7. The Morgan fingerprint density at radius 2 is 0.882 bits per heavy atom. The molecule has 3 atom stereocenters. The van der Waals surface area contributed by atoms with Crippen LogP contribution in [0.2, 0.25) is 0 Å². The van der Waals surface area contributed by atoms with Crippen molar-refractivity contribution in [2.45, 2.75) is 225 Å². The molecular formula is C45H80O6. The minimum atomic E-state index is -0.990. The molecule has 0 radical (unpaired) electrons. The second kappa shape index (κ2) is 36.4. The smallest absolute Gasteiger partial charge is 0.305 e. The van der Waals surface area contributed by atoms with Gasteiger partial charge in [-0.25, -0.2) is 0 Å². The number of esters is 2. The molecule has 0 saturated carbocycles. The van der Waals surface area contributed by atoms with Crippen LogP contribution in [-0.4, -0.2) is 48.6 Å². The Labute approximate surface area is 314 Å². The van der Waals surface area contributed by atoms with E-state index in [4.69, 9.17) is 14.2 Å². The fourth-order valence-corrected chi connectivity index (χ4v) is 6.36. The fraction of sp³-hybridized carbons (Fsp3) is 0.822. The second-order valence-corrected chi connectivity index (χ2v) is 14.9. The van der Waals surface area contributed by atoms with Crippen LogP contribution in [0.4, 0.5) is 0 Å². The average Bonchev–Trinajstić information content (AvgIpc) is 3.89. The summed E-state index contributed by atoms with van der Waals surface area (Å²) in [5.41, 5.74) is 0. The van der Waals surface area contributed by atoms with Gasteiger partial charge in [-0.1, -0.05) is 179 Å². The minimum Gasteiger partial charge on any atom is -0.463 e. The van der Waals surface area contributed by atoms with Gasteiger partial charge in [-0.05, 0) is 51.4 Å². The van der Waals surface area contributed by atoms with Crippen LogP contribution in [-0.2, 0) is 23.8 Å². The van der Waals surface area contributed by atoms with Crippen LogP contribution in [0.3, 0.4) is 0 Å². The molecule has 0 aromatic rings. The molecule has 2 unspecified atom stereocenters. The number of unbranched alkanes of at least 4 members (excludes halogenated alkanes) is 22. The van der Waals surface area contributed by atoms with Crippen molar-refractivity contribution < 1.29 is 28.9 Å². The summed E-state index contributed by atoms with van der Waals surface area (Å²) >= 11 is 0. The van der Waals surface area contributed by atoms with Gasteiger partial charge in [0.05, 0.1) is 12.2 Å². The molecule has 1 saturated heterocycles. The van der Waals surface area contributed by atoms with E-state index in [0.717, 1.165) is 44.9 Å². The number of aliphatic hydroxyl groups is 1. The zero-order valence-electron chi connectivity index (χ0n) is 33.3. The quantitative estimate of drug-likeness (QED) is 0.0296. The third kappa shape index (κ3) is 33.7. The summed E-state index contributed by atoms with van der Waals surface area (Å²) in [4.78, 5) is 24.0. The van der Waals surface area contributed by atoms with E-state index in [1.54, 1.807) is 0 Å². The fourth-order valence-electron chi connectivity index (χ4n) is 6.36. The van der Waals surface area contributed by atoms with Gasteiger partial charge in [0.1, 0.15) is 19.3 Å². The molecule has 1 heterocycles. The molecule has 51 heavy (non-hydrogen) atoms. The highest BCUT2D eigenvalue weighted by Gasteiger charge is 2.35. The molecule has 0 bridgehead atoms. The van der Waals surface area contributed by atoms with Crippen molar-refractivity contribution in [2.75, 3.05) is 13.2 Å². The Balaban J connectivity index is 1.83. The van der Waals surface area contributed by atoms with Crippen LogP contribution in [0.5, 0.6) is 0 Å². The molecule has 6 heteroatoms. The first-order chi connectivity index (χ1) is 25.1.